The molecule has 1 fully saturated rings. The summed E-state index contributed by atoms with van der Waals surface area (Å²) in [6, 6.07) is 33.2. The Morgan fingerprint density at radius 3 is 1.26 bits per heavy atom. The minimum Gasteiger partial charge on any atom is -0.420 e. The van der Waals surface area contributed by atoms with Crippen molar-refractivity contribution in [3.8, 4) is 22.3 Å². The molecule has 150 valence electrons. The molecule has 2 spiro atoms. The lowest BCUT2D eigenvalue weighted by atomic mass is 9.55. The molecule has 31 heavy (non-hydrogen) atoms. The predicted octanol–water partition coefficient (Wildman–Crippen LogP) is 4.32. The van der Waals surface area contributed by atoms with Gasteiger partial charge in [0.15, 0.2) is 6.29 Å². The quantitative estimate of drug-likeness (QED) is 0.443. The first-order chi connectivity index (χ1) is 15.2. The number of hydrogen-bond acceptors (Lipinski definition) is 2. The highest BCUT2D eigenvalue weighted by atomic mass is 16.7. The van der Waals surface area contributed by atoms with Gasteiger partial charge in [-0.15, -0.1) is 0 Å². The van der Waals surface area contributed by atoms with Gasteiger partial charge in [0.25, 0.3) is 6.29 Å². The zero-order valence-corrected chi connectivity index (χ0v) is 16.7. The van der Waals surface area contributed by atoms with Crippen molar-refractivity contribution in [1.29, 1.82) is 0 Å². The highest BCUT2D eigenvalue weighted by Gasteiger charge is 2.76. The fraction of sp³-hybridized carbons (Fsp3) is 0.143. The number of aliphatic hydroxyl groups is 1. The molecule has 1 aliphatic heterocycles. The van der Waals surface area contributed by atoms with E-state index in [1.807, 2.05) is 48.5 Å². The summed E-state index contributed by atoms with van der Waals surface area (Å²) < 4.78 is 6.09. The molecule has 7 rings (SSSR count). The fourth-order valence-corrected chi connectivity index (χ4v) is 6.67. The molecule has 4 aromatic carbocycles. The number of fused-ring (bicyclic) bond motifs is 11. The topological polar surface area (TPSA) is 52.4 Å². The Hall–Kier alpha value is -3.24. The zero-order chi connectivity index (χ0) is 20.8. The van der Waals surface area contributed by atoms with E-state index in [9.17, 15) is 10.2 Å². The van der Waals surface area contributed by atoms with Gasteiger partial charge in [-0.3, -0.25) is 4.74 Å². The molecule has 0 saturated carbocycles. The molecule has 1 saturated heterocycles. The van der Waals surface area contributed by atoms with Crippen molar-refractivity contribution in [3.05, 3.63) is 119 Å². The lowest BCUT2D eigenvalue weighted by Gasteiger charge is -2.42. The molecular weight excluding hydrogens is 384 g/mol. The molecule has 0 amide bonds. The van der Waals surface area contributed by atoms with Crippen LogP contribution < -0.4 is 0 Å². The smallest absolute Gasteiger partial charge is 0.281 e. The first kappa shape index (κ1) is 17.4. The van der Waals surface area contributed by atoms with Gasteiger partial charge in [-0.25, -0.2) is 0 Å². The predicted molar refractivity (Wildman–Crippen MR) is 120 cm³/mol. The Kier molecular flexibility index (Phi) is 3.21. The van der Waals surface area contributed by atoms with Crippen molar-refractivity contribution in [1.82, 2.24) is 0 Å². The van der Waals surface area contributed by atoms with E-state index in [1.165, 1.54) is 0 Å². The molecule has 4 aromatic rings. The Balaban J connectivity index is 1.73. The molecule has 0 aromatic heterocycles. The monoisotopic (exact) mass is 405 g/mol. The number of rotatable bonds is 0. The molecule has 3 nitrogen and oxygen atoms in total. The molecule has 3 heteroatoms. The highest BCUT2D eigenvalue weighted by molar-refractivity contribution is 5.89. The third-order valence-electron chi connectivity index (χ3n) is 7.64. The minimum atomic E-state index is -1.14. The maximum absolute atomic E-state index is 11.7. The van der Waals surface area contributed by atoms with Crippen LogP contribution in [0.4, 0.5) is 0 Å². The first-order valence-electron chi connectivity index (χ1n) is 10.7. The van der Waals surface area contributed by atoms with E-state index in [4.69, 9.17) is 4.74 Å². The molecular formula is C28H21O3+. The second-order valence-electron chi connectivity index (χ2n) is 8.67. The fourth-order valence-electron chi connectivity index (χ4n) is 6.67. The zero-order valence-electron chi connectivity index (χ0n) is 16.7. The minimum absolute atomic E-state index is 0.859. The van der Waals surface area contributed by atoms with Crippen LogP contribution >= 0.6 is 0 Å². The van der Waals surface area contributed by atoms with E-state index in [0.29, 0.717) is 0 Å². The lowest BCUT2D eigenvalue weighted by molar-refractivity contribution is -0.174. The van der Waals surface area contributed by atoms with E-state index < -0.39 is 23.4 Å². The standard InChI is InChI=1S/C28H20O3/c29-25-27(21-13-5-1-9-17(21)18-10-2-6-14-22(18)27)28(26(30)31-25)23-15-7-3-11-19(23)20-12-4-8-16-24(20)28/h1-16,25-26,29-30H/p+1. The largest absolute Gasteiger partial charge is 0.420 e. The van der Waals surface area contributed by atoms with Gasteiger partial charge in [-0.2, -0.15) is 0 Å². The van der Waals surface area contributed by atoms with Gasteiger partial charge in [0, 0.05) is 0 Å². The van der Waals surface area contributed by atoms with E-state index in [1.54, 1.807) is 0 Å². The molecule has 1 heterocycles. The van der Waals surface area contributed by atoms with Crippen molar-refractivity contribution in [2.75, 3.05) is 0 Å². The van der Waals surface area contributed by atoms with Crippen molar-refractivity contribution in [2.45, 2.75) is 23.4 Å². The van der Waals surface area contributed by atoms with Crippen LogP contribution in [0, 0.1) is 0 Å². The van der Waals surface area contributed by atoms with E-state index in [-0.39, 0.29) is 0 Å². The summed E-state index contributed by atoms with van der Waals surface area (Å²) in [5.74, 6) is 0. The molecule has 0 radical (unpaired) electrons. The maximum atomic E-state index is 11.7. The molecule has 3 N–H and O–H groups in total. The first-order valence-corrected chi connectivity index (χ1v) is 10.7. The average molecular weight is 405 g/mol. The molecule has 2 unspecified atom stereocenters. The van der Waals surface area contributed by atoms with Gasteiger partial charge in [0.2, 0.25) is 0 Å². The Bertz CT molecular complexity index is 1180. The normalized spacial score (nSPS) is 22.9. The molecule has 3 aliphatic rings. The van der Waals surface area contributed by atoms with Crippen molar-refractivity contribution < 1.29 is 14.9 Å². The Labute approximate surface area is 180 Å². The Morgan fingerprint density at radius 1 is 0.548 bits per heavy atom. The lowest BCUT2D eigenvalue weighted by Crippen LogP contribution is -2.53. The van der Waals surface area contributed by atoms with Crippen LogP contribution in [0.15, 0.2) is 97.1 Å². The van der Waals surface area contributed by atoms with Crippen molar-refractivity contribution in [2.24, 2.45) is 0 Å². The van der Waals surface area contributed by atoms with Crippen LogP contribution in [-0.2, 0) is 15.6 Å². The number of aliphatic hydroxyl groups excluding tert-OH is 1. The van der Waals surface area contributed by atoms with Gasteiger partial charge >= 0.3 is 0 Å². The SMILES string of the molecule is OC1OC([OH2+])C2(c3ccccc3-c3ccccc32)C12c1ccccc1-c1ccccc12. The molecule has 2 aliphatic carbocycles. The van der Waals surface area contributed by atoms with Crippen LogP contribution in [0.2, 0.25) is 0 Å². The van der Waals surface area contributed by atoms with Crippen LogP contribution in [-0.4, -0.2) is 22.8 Å². The highest BCUT2D eigenvalue weighted by Crippen LogP contribution is 2.70. The van der Waals surface area contributed by atoms with Crippen LogP contribution in [0.5, 0.6) is 0 Å². The molecule has 0 bridgehead atoms. The van der Waals surface area contributed by atoms with Gasteiger partial charge in [0.05, 0.1) is 5.41 Å². The van der Waals surface area contributed by atoms with Gasteiger partial charge < -0.3 is 10.2 Å². The average Bonchev–Trinajstić information content (AvgIpc) is 3.37. The van der Waals surface area contributed by atoms with E-state index in [0.717, 1.165) is 44.5 Å². The maximum Gasteiger partial charge on any atom is 0.281 e. The third-order valence-corrected chi connectivity index (χ3v) is 7.64. The third kappa shape index (κ3) is 1.72. The van der Waals surface area contributed by atoms with E-state index >= 15 is 0 Å². The summed E-state index contributed by atoms with van der Waals surface area (Å²) >= 11 is 0. The van der Waals surface area contributed by atoms with Crippen molar-refractivity contribution in [3.63, 3.8) is 0 Å². The van der Waals surface area contributed by atoms with Gasteiger partial charge in [0.1, 0.15) is 5.41 Å². The summed E-state index contributed by atoms with van der Waals surface area (Å²) in [5.41, 5.74) is 6.86. The number of hydrogen-bond donors (Lipinski definition) is 1. The second-order valence-corrected chi connectivity index (χ2v) is 8.67. The summed E-state index contributed by atoms with van der Waals surface area (Å²) in [7, 11) is 0. The van der Waals surface area contributed by atoms with Gasteiger partial charge in [-0.05, 0) is 44.5 Å². The Morgan fingerprint density at radius 2 is 0.871 bits per heavy atom. The summed E-state index contributed by atoms with van der Waals surface area (Å²) in [6.07, 6.45) is -2.09. The van der Waals surface area contributed by atoms with Crippen molar-refractivity contribution >= 4 is 0 Å². The van der Waals surface area contributed by atoms with Crippen LogP contribution in [0.25, 0.3) is 22.3 Å². The van der Waals surface area contributed by atoms with Gasteiger partial charge in [-0.1, -0.05) is 97.1 Å². The van der Waals surface area contributed by atoms with Crippen LogP contribution in [0.3, 0.4) is 0 Å². The summed E-state index contributed by atoms with van der Waals surface area (Å²) in [5, 5.41) is 20.9. The summed E-state index contributed by atoms with van der Waals surface area (Å²) in [4.78, 5) is 0. The molecule has 2 atom stereocenters. The summed E-state index contributed by atoms with van der Waals surface area (Å²) in [6.45, 7) is 0. The second kappa shape index (κ2) is 5.71. The van der Waals surface area contributed by atoms with E-state index in [2.05, 4.69) is 48.5 Å². The van der Waals surface area contributed by atoms with Crippen LogP contribution in [0.1, 0.15) is 22.3 Å². The number of ether oxygens (including phenoxy) is 1. The number of benzene rings is 4.